The molecule has 0 spiro atoms. The third-order valence-electron chi connectivity index (χ3n) is 10.6. The van der Waals surface area contributed by atoms with Gasteiger partial charge in [-0.3, -0.25) is 0 Å². The molecule has 0 amide bonds. The highest BCUT2D eigenvalue weighted by molar-refractivity contribution is 6.10. The van der Waals surface area contributed by atoms with Crippen LogP contribution in [0, 0.1) is 0 Å². The Bertz CT molecular complexity index is 2780. The number of benzene rings is 10. The van der Waals surface area contributed by atoms with E-state index in [2.05, 4.69) is 217 Å². The zero-order valence-electron chi connectivity index (χ0n) is 29.2. The van der Waals surface area contributed by atoms with Gasteiger partial charge >= 0.3 is 0 Å². The van der Waals surface area contributed by atoms with E-state index >= 15 is 0 Å². The quantitative estimate of drug-likeness (QED) is 0.159. The van der Waals surface area contributed by atoms with E-state index in [-0.39, 0.29) is 0 Å². The van der Waals surface area contributed by atoms with Gasteiger partial charge in [0.05, 0.1) is 11.4 Å². The number of rotatable bonds is 6. The average molecular weight is 674 g/mol. The molecule has 0 heterocycles. The van der Waals surface area contributed by atoms with Crippen molar-refractivity contribution < 1.29 is 0 Å². The second-order valence-corrected chi connectivity index (χ2v) is 13.7. The van der Waals surface area contributed by atoms with Crippen molar-refractivity contribution >= 4 is 60.2 Å². The molecule has 0 atom stereocenters. The van der Waals surface area contributed by atoms with E-state index in [0.29, 0.717) is 0 Å². The number of para-hydroxylation sites is 2. The van der Waals surface area contributed by atoms with Gasteiger partial charge in [-0.15, -0.1) is 0 Å². The second-order valence-electron chi connectivity index (χ2n) is 13.7. The van der Waals surface area contributed by atoms with Crippen molar-refractivity contribution in [2.24, 2.45) is 0 Å². The standard InChI is InChI=1S/C52H35N/c1-2-12-36(13-3-1)37-26-30-44(31-27-37)53(51-20-10-8-18-49(51)42-28-32-47-40(34-42)24-22-38-14-4-6-16-45(38)47)52-21-11-9-19-50(52)43-29-33-48-41(35-43)25-23-39-15-5-7-17-46(39)48/h1-35H. The minimum absolute atomic E-state index is 1.10. The Kier molecular flexibility index (Phi) is 7.55. The Labute approximate surface area is 309 Å². The summed E-state index contributed by atoms with van der Waals surface area (Å²) in [5, 5.41) is 10.1. The Hall–Kier alpha value is -6.96. The van der Waals surface area contributed by atoms with E-state index in [1.807, 2.05) is 0 Å². The van der Waals surface area contributed by atoms with Crippen LogP contribution in [0.2, 0.25) is 0 Å². The van der Waals surface area contributed by atoms with Crippen LogP contribution >= 0.6 is 0 Å². The maximum atomic E-state index is 2.44. The second kappa shape index (κ2) is 13.0. The molecule has 1 nitrogen and oxygen atoms in total. The van der Waals surface area contributed by atoms with Crippen LogP contribution < -0.4 is 4.90 Å². The molecule has 53 heavy (non-hydrogen) atoms. The molecule has 0 aliphatic heterocycles. The van der Waals surface area contributed by atoms with Gasteiger partial charge in [-0.1, -0.05) is 176 Å². The van der Waals surface area contributed by atoms with Crippen molar-refractivity contribution in [3.63, 3.8) is 0 Å². The highest BCUT2D eigenvalue weighted by Gasteiger charge is 2.21. The Balaban J connectivity index is 1.16. The molecular formula is C52H35N. The summed E-state index contributed by atoms with van der Waals surface area (Å²) in [5.74, 6) is 0. The van der Waals surface area contributed by atoms with E-state index in [0.717, 1.165) is 17.1 Å². The molecule has 0 unspecified atom stereocenters. The number of fused-ring (bicyclic) bond motifs is 6. The Morgan fingerprint density at radius 3 is 1.19 bits per heavy atom. The van der Waals surface area contributed by atoms with Crippen molar-refractivity contribution in [3.05, 3.63) is 212 Å². The zero-order chi connectivity index (χ0) is 35.1. The number of anilines is 3. The summed E-state index contributed by atoms with van der Waals surface area (Å²) in [6, 6.07) is 77.3. The Morgan fingerprint density at radius 2 is 0.642 bits per heavy atom. The van der Waals surface area contributed by atoms with Crippen molar-refractivity contribution in [1.29, 1.82) is 0 Å². The lowest BCUT2D eigenvalue weighted by molar-refractivity contribution is 1.28. The molecule has 10 rings (SSSR count). The smallest absolute Gasteiger partial charge is 0.0540 e. The third-order valence-corrected chi connectivity index (χ3v) is 10.6. The zero-order valence-corrected chi connectivity index (χ0v) is 29.2. The van der Waals surface area contributed by atoms with Crippen LogP contribution in [0.1, 0.15) is 0 Å². The first-order valence-corrected chi connectivity index (χ1v) is 18.3. The summed E-state index contributed by atoms with van der Waals surface area (Å²) >= 11 is 0. The summed E-state index contributed by atoms with van der Waals surface area (Å²) in [7, 11) is 0. The molecule has 0 saturated carbocycles. The van der Waals surface area contributed by atoms with Crippen LogP contribution in [-0.4, -0.2) is 0 Å². The van der Waals surface area contributed by atoms with Crippen LogP contribution in [0.5, 0.6) is 0 Å². The molecule has 0 aliphatic rings. The van der Waals surface area contributed by atoms with Crippen LogP contribution in [0.4, 0.5) is 17.1 Å². The van der Waals surface area contributed by atoms with Crippen LogP contribution in [0.15, 0.2) is 212 Å². The molecule has 0 bridgehead atoms. The van der Waals surface area contributed by atoms with Crippen molar-refractivity contribution in [3.8, 4) is 33.4 Å². The topological polar surface area (TPSA) is 3.24 Å². The van der Waals surface area contributed by atoms with Gasteiger partial charge in [-0.05, 0) is 102 Å². The number of nitrogens with zero attached hydrogens (tertiary/aromatic N) is 1. The molecule has 0 aromatic heterocycles. The highest BCUT2D eigenvalue weighted by Crippen LogP contribution is 2.46. The number of hydrogen-bond acceptors (Lipinski definition) is 1. The van der Waals surface area contributed by atoms with Crippen molar-refractivity contribution in [2.45, 2.75) is 0 Å². The summed E-state index contributed by atoms with van der Waals surface area (Å²) in [6.07, 6.45) is 0. The molecule has 0 aliphatic carbocycles. The number of hydrogen-bond donors (Lipinski definition) is 0. The van der Waals surface area contributed by atoms with Crippen LogP contribution in [0.3, 0.4) is 0 Å². The van der Waals surface area contributed by atoms with Gasteiger partial charge in [0.1, 0.15) is 0 Å². The molecule has 0 radical (unpaired) electrons. The fourth-order valence-corrected chi connectivity index (χ4v) is 8.03. The minimum Gasteiger partial charge on any atom is -0.309 e. The van der Waals surface area contributed by atoms with Gasteiger partial charge in [-0.2, -0.15) is 0 Å². The fraction of sp³-hybridized carbons (Fsp3) is 0. The molecule has 1 heteroatoms. The molecule has 10 aromatic rings. The lowest BCUT2D eigenvalue weighted by atomic mass is 9.94. The van der Waals surface area contributed by atoms with E-state index in [9.17, 15) is 0 Å². The highest BCUT2D eigenvalue weighted by atomic mass is 15.1. The molecule has 0 fully saturated rings. The maximum absolute atomic E-state index is 2.44. The van der Waals surface area contributed by atoms with E-state index in [1.165, 1.54) is 76.5 Å². The summed E-state index contributed by atoms with van der Waals surface area (Å²) in [5.41, 5.74) is 10.5. The first-order valence-electron chi connectivity index (χ1n) is 18.3. The molecular weight excluding hydrogens is 639 g/mol. The molecule has 0 N–H and O–H groups in total. The fourth-order valence-electron chi connectivity index (χ4n) is 8.03. The van der Waals surface area contributed by atoms with Crippen molar-refractivity contribution in [2.75, 3.05) is 4.90 Å². The summed E-state index contributed by atoms with van der Waals surface area (Å²) in [6.45, 7) is 0. The maximum Gasteiger partial charge on any atom is 0.0540 e. The first-order chi connectivity index (χ1) is 26.3. The van der Waals surface area contributed by atoms with Gasteiger partial charge in [0.25, 0.3) is 0 Å². The van der Waals surface area contributed by atoms with Crippen LogP contribution in [0.25, 0.3) is 76.5 Å². The summed E-state index contributed by atoms with van der Waals surface area (Å²) < 4.78 is 0. The van der Waals surface area contributed by atoms with Crippen molar-refractivity contribution in [1.82, 2.24) is 0 Å². The molecule has 10 aromatic carbocycles. The molecule has 0 saturated heterocycles. The lowest BCUT2D eigenvalue weighted by Crippen LogP contribution is -2.12. The van der Waals surface area contributed by atoms with Gasteiger partial charge < -0.3 is 4.90 Å². The monoisotopic (exact) mass is 673 g/mol. The van der Waals surface area contributed by atoms with Gasteiger partial charge in [-0.25, -0.2) is 0 Å². The predicted molar refractivity (Wildman–Crippen MR) is 227 cm³/mol. The molecule has 248 valence electrons. The van der Waals surface area contributed by atoms with Crippen LogP contribution in [-0.2, 0) is 0 Å². The van der Waals surface area contributed by atoms with E-state index in [4.69, 9.17) is 0 Å². The minimum atomic E-state index is 1.10. The Morgan fingerprint density at radius 1 is 0.245 bits per heavy atom. The summed E-state index contributed by atoms with van der Waals surface area (Å²) in [4.78, 5) is 2.44. The largest absolute Gasteiger partial charge is 0.309 e. The first kappa shape index (κ1) is 30.8. The normalized spacial score (nSPS) is 11.4. The SMILES string of the molecule is c1ccc(-c2ccc(N(c3ccccc3-c3ccc4c(ccc5ccccc54)c3)c3ccccc3-c3ccc4c(ccc5ccccc54)c3)cc2)cc1. The van der Waals surface area contributed by atoms with Gasteiger partial charge in [0.2, 0.25) is 0 Å². The lowest BCUT2D eigenvalue weighted by Gasteiger charge is -2.30. The van der Waals surface area contributed by atoms with E-state index in [1.54, 1.807) is 0 Å². The van der Waals surface area contributed by atoms with Gasteiger partial charge in [0, 0.05) is 16.8 Å². The van der Waals surface area contributed by atoms with E-state index < -0.39 is 0 Å². The van der Waals surface area contributed by atoms with Gasteiger partial charge in [0.15, 0.2) is 0 Å². The predicted octanol–water partition coefficient (Wildman–Crippen LogP) is 14.8. The third kappa shape index (κ3) is 5.51. The average Bonchev–Trinajstić information content (AvgIpc) is 3.24.